The first-order valence-electron chi connectivity index (χ1n) is 8.03. The summed E-state index contributed by atoms with van der Waals surface area (Å²) in [7, 11) is 3.07. The van der Waals surface area contributed by atoms with E-state index in [2.05, 4.69) is 5.32 Å². The zero-order valence-electron chi connectivity index (χ0n) is 14.1. The minimum absolute atomic E-state index is 0.00801. The minimum Gasteiger partial charge on any atom is -0.497 e. The Morgan fingerprint density at radius 2 is 2.08 bits per heavy atom. The summed E-state index contributed by atoms with van der Waals surface area (Å²) in [4.78, 5) is 38.0. The monoisotopic (exact) mass is 364 g/mol. The number of carbonyl (C=O) groups is 3. The molecule has 0 bridgehead atoms. The van der Waals surface area contributed by atoms with Crippen LogP contribution >= 0.6 is 11.8 Å². The van der Waals surface area contributed by atoms with Crippen LogP contribution in [0.25, 0.3) is 0 Å². The zero-order chi connectivity index (χ0) is 18.0. The van der Waals surface area contributed by atoms with Gasteiger partial charge in [0.25, 0.3) is 0 Å². The molecule has 2 fully saturated rings. The molecule has 2 aliphatic rings. The van der Waals surface area contributed by atoms with E-state index in [-0.39, 0.29) is 29.9 Å². The number of amides is 2. The third kappa shape index (κ3) is 3.58. The standard InChI is InChI=1S/C17H20N2O5S/c1-23-11-3-4-13(14(8-11)24-2)19-9-10(7-15(19)20)16(21)18-12-5-6-25-17(12)22/h3-4,8,10,12H,5-7,9H2,1-2H3,(H,18,21)/t10-,12+/m0/s1. The number of methoxy groups -OCH3 is 2. The molecule has 2 saturated heterocycles. The second-order valence-corrected chi connectivity index (χ2v) is 7.06. The molecule has 0 aliphatic carbocycles. The Bertz CT molecular complexity index is 708. The molecule has 0 unspecified atom stereocenters. The fourth-order valence-electron chi connectivity index (χ4n) is 3.04. The van der Waals surface area contributed by atoms with Crippen LogP contribution in [-0.2, 0) is 14.4 Å². The molecule has 0 radical (unpaired) electrons. The summed E-state index contributed by atoms with van der Waals surface area (Å²) in [6.07, 6.45) is 0.765. The first-order chi connectivity index (χ1) is 12.0. The maximum Gasteiger partial charge on any atom is 0.227 e. The highest BCUT2D eigenvalue weighted by Gasteiger charge is 2.38. The summed E-state index contributed by atoms with van der Waals surface area (Å²) in [5, 5.41) is 2.76. The van der Waals surface area contributed by atoms with Gasteiger partial charge in [0, 0.05) is 24.8 Å². The molecule has 2 aliphatic heterocycles. The van der Waals surface area contributed by atoms with Crippen LogP contribution in [0.2, 0.25) is 0 Å². The van der Waals surface area contributed by atoms with Gasteiger partial charge in [0.05, 0.1) is 31.9 Å². The quantitative estimate of drug-likeness (QED) is 0.845. The highest BCUT2D eigenvalue weighted by atomic mass is 32.2. The van der Waals surface area contributed by atoms with E-state index >= 15 is 0 Å². The van der Waals surface area contributed by atoms with Crippen LogP contribution in [0.5, 0.6) is 11.5 Å². The molecule has 3 rings (SSSR count). The Morgan fingerprint density at radius 3 is 2.72 bits per heavy atom. The van der Waals surface area contributed by atoms with E-state index in [1.54, 1.807) is 30.2 Å². The maximum absolute atomic E-state index is 12.4. The van der Waals surface area contributed by atoms with E-state index in [1.165, 1.54) is 18.9 Å². The Morgan fingerprint density at radius 1 is 1.28 bits per heavy atom. The Balaban J connectivity index is 1.72. The average molecular weight is 364 g/mol. The van der Waals surface area contributed by atoms with Crippen LogP contribution in [-0.4, -0.2) is 49.5 Å². The number of nitrogens with one attached hydrogen (secondary N) is 1. The van der Waals surface area contributed by atoms with Gasteiger partial charge < -0.3 is 19.7 Å². The number of rotatable bonds is 5. The van der Waals surface area contributed by atoms with Crippen molar-refractivity contribution < 1.29 is 23.9 Å². The molecule has 8 heteroatoms. The SMILES string of the molecule is COc1ccc(N2C[C@@H](C(=O)N[C@@H]3CCSC3=O)CC2=O)c(OC)c1. The Labute approximate surface area is 150 Å². The van der Waals surface area contributed by atoms with Crippen LogP contribution in [0, 0.1) is 5.92 Å². The molecule has 134 valence electrons. The highest BCUT2D eigenvalue weighted by Crippen LogP contribution is 2.36. The molecular formula is C17H20N2O5S. The fraction of sp³-hybridized carbons (Fsp3) is 0.471. The van der Waals surface area contributed by atoms with Crippen LogP contribution in [0.1, 0.15) is 12.8 Å². The second kappa shape index (κ2) is 7.35. The summed E-state index contributed by atoms with van der Waals surface area (Å²) in [5.41, 5.74) is 0.607. The molecule has 2 atom stereocenters. The number of carbonyl (C=O) groups excluding carboxylic acids is 3. The van der Waals surface area contributed by atoms with Crippen LogP contribution in [0.3, 0.4) is 0 Å². The van der Waals surface area contributed by atoms with Crippen LogP contribution < -0.4 is 19.7 Å². The van der Waals surface area contributed by atoms with Crippen molar-refractivity contribution in [3.8, 4) is 11.5 Å². The van der Waals surface area contributed by atoms with Gasteiger partial charge >= 0.3 is 0 Å². The molecule has 25 heavy (non-hydrogen) atoms. The summed E-state index contributed by atoms with van der Waals surface area (Å²) < 4.78 is 10.5. The molecule has 0 saturated carbocycles. The van der Waals surface area contributed by atoms with Crippen LogP contribution in [0.15, 0.2) is 18.2 Å². The molecule has 0 spiro atoms. The van der Waals surface area contributed by atoms with Gasteiger partial charge in [-0.1, -0.05) is 11.8 Å². The first kappa shape index (κ1) is 17.6. The summed E-state index contributed by atoms with van der Waals surface area (Å²) in [6, 6.07) is 4.75. The molecule has 1 aromatic rings. The van der Waals surface area contributed by atoms with Gasteiger partial charge in [-0.2, -0.15) is 0 Å². The lowest BCUT2D eigenvalue weighted by Crippen LogP contribution is -2.41. The van der Waals surface area contributed by atoms with E-state index in [0.717, 1.165) is 5.75 Å². The van der Waals surface area contributed by atoms with Crippen molar-refractivity contribution in [2.24, 2.45) is 5.92 Å². The number of hydrogen-bond acceptors (Lipinski definition) is 6. The number of ether oxygens (including phenoxy) is 2. The van der Waals surface area contributed by atoms with Crippen molar-refractivity contribution in [1.29, 1.82) is 0 Å². The third-order valence-corrected chi connectivity index (χ3v) is 5.43. The van der Waals surface area contributed by atoms with Crippen LogP contribution in [0.4, 0.5) is 5.69 Å². The summed E-state index contributed by atoms with van der Waals surface area (Å²) in [6.45, 7) is 0.265. The molecule has 1 N–H and O–H groups in total. The molecule has 2 heterocycles. The lowest BCUT2D eigenvalue weighted by Gasteiger charge is -2.20. The predicted molar refractivity (Wildman–Crippen MR) is 94.0 cm³/mol. The topological polar surface area (TPSA) is 84.9 Å². The van der Waals surface area contributed by atoms with Crippen molar-refractivity contribution in [1.82, 2.24) is 5.32 Å². The van der Waals surface area contributed by atoms with E-state index in [9.17, 15) is 14.4 Å². The molecule has 1 aromatic carbocycles. The summed E-state index contributed by atoms with van der Waals surface area (Å²) >= 11 is 1.24. The number of nitrogens with zero attached hydrogens (tertiary/aromatic N) is 1. The normalized spacial score (nSPS) is 23.0. The van der Waals surface area contributed by atoms with Gasteiger partial charge in [-0.3, -0.25) is 14.4 Å². The molecule has 0 aromatic heterocycles. The third-order valence-electron chi connectivity index (χ3n) is 4.43. The number of anilines is 1. The Kier molecular flexibility index (Phi) is 5.17. The van der Waals surface area contributed by atoms with Crippen molar-refractivity contribution in [3.05, 3.63) is 18.2 Å². The van der Waals surface area contributed by atoms with Crippen molar-refractivity contribution in [3.63, 3.8) is 0 Å². The van der Waals surface area contributed by atoms with E-state index in [4.69, 9.17) is 9.47 Å². The molecular weight excluding hydrogens is 344 g/mol. The van der Waals surface area contributed by atoms with Gasteiger partial charge in [0.15, 0.2) is 0 Å². The van der Waals surface area contributed by atoms with Crippen molar-refractivity contribution in [2.45, 2.75) is 18.9 Å². The lowest BCUT2D eigenvalue weighted by molar-refractivity contribution is -0.128. The smallest absolute Gasteiger partial charge is 0.227 e. The summed E-state index contributed by atoms with van der Waals surface area (Å²) in [5.74, 6) is 0.996. The van der Waals surface area contributed by atoms with Gasteiger partial charge in [0.1, 0.15) is 11.5 Å². The minimum atomic E-state index is -0.474. The van der Waals surface area contributed by atoms with Gasteiger partial charge in [-0.25, -0.2) is 0 Å². The molecule has 2 amide bonds. The number of hydrogen-bond donors (Lipinski definition) is 1. The first-order valence-corrected chi connectivity index (χ1v) is 9.01. The largest absolute Gasteiger partial charge is 0.497 e. The second-order valence-electron chi connectivity index (χ2n) is 5.96. The van der Waals surface area contributed by atoms with E-state index in [0.29, 0.717) is 23.6 Å². The number of benzene rings is 1. The number of thioether (sulfide) groups is 1. The molecule has 7 nitrogen and oxygen atoms in total. The highest BCUT2D eigenvalue weighted by molar-refractivity contribution is 8.14. The van der Waals surface area contributed by atoms with E-state index in [1.807, 2.05) is 0 Å². The average Bonchev–Trinajstić information content (AvgIpc) is 3.20. The van der Waals surface area contributed by atoms with Gasteiger partial charge in [-0.15, -0.1) is 0 Å². The van der Waals surface area contributed by atoms with Crippen molar-refractivity contribution in [2.75, 3.05) is 31.4 Å². The Hall–Kier alpha value is -2.22. The predicted octanol–water partition coefficient (Wildman–Crippen LogP) is 1.20. The fourth-order valence-corrected chi connectivity index (χ4v) is 3.97. The van der Waals surface area contributed by atoms with Gasteiger partial charge in [0.2, 0.25) is 16.9 Å². The van der Waals surface area contributed by atoms with E-state index < -0.39 is 12.0 Å². The van der Waals surface area contributed by atoms with Gasteiger partial charge in [-0.05, 0) is 18.6 Å². The maximum atomic E-state index is 12.4. The van der Waals surface area contributed by atoms with Crippen molar-refractivity contribution >= 4 is 34.4 Å². The zero-order valence-corrected chi connectivity index (χ0v) is 14.9. The lowest BCUT2D eigenvalue weighted by atomic mass is 10.1.